The zero-order valence-electron chi connectivity index (χ0n) is 11.3. The van der Waals surface area contributed by atoms with Crippen LogP contribution in [0.5, 0.6) is 11.5 Å². The van der Waals surface area contributed by atoms with Gasteiger partial charge in [0.2, 0.25) is 0 Å². The molecule has 0 fully saturated rings. The van der Waals surface area contributed by atoms with Gasteiger partial charge in [0.05, 0.1) is 5.38 Å². The average Bonchev–Trinajstić information content (AvgIpc) is 2.54. The van der Waals surface area contributed by atoms with Gasteiger partial charge in [-0.1, -0.05) is 13.0 Å². The van der Waals surface area contributed by atoms with Crippen LogP contribution < -0.4 is 9.47 Å². The molecule has 4 heteroatoms. The van der Waals surface area contributed by atoms with Gasteiger partial charge in [-0.25, -0.2) is 0 Å². The van der Waals surface area contributed by atoms with Crippen molar-refractivity contribution in [3.05, 3.63) is 53.9 Å². The summed E-state index contributed by atoms with van der Waals surface area (Å²) in [6.45, 7) is 3.30. The molecule has 0 saturated heterocycles. The van der Waals surface area contributed by atoms with Crippen LogP contribution in [0.4, 0.5) is 0 Å². The minimum absolute atomic E-state index is 0.117. The first kappa shape index (κ1) is 13.3. The lowest BCUT2D eigenvalue weighted by Gasteiger charge is -2.22. The van der Waals surface area contributed by atoms with Crippen LogP contribution in [0.25, 0.3) is 0 Å². The van der Waals surface area contributed by atoms with E-state index in [1.165, 1.54) is 5.56 Å². The van der Waals surface area contributed by atoms with Crippen LogP contribution in [0, 0.1) is 0 Å². The molecule has 1 aliphatic rings. The van der Waals surface area contributed by atoms with E-state index in [4.69, 9.17) is 21.1 Å². The molecule has 0 amide bonds. The van der Waals surface area contributed by atoms with Crippen molar-refractivity contribution in [2.45, 2.75) is 18.2 Å². The van der Waals surface area contributed by atoms with Crippen LogP contribution in [0.15, 0.2) is 42.7 Å². The summed E-state index contributed by atoms with van der Waals surface area (Å²) in [4.78, 5) is 4.04. The summed E-state index contributed by atoms with van der Waals surface area (Å²) in [6, 6.07) is 9.90. The van der Waals surface area contributed by atoms with Crippen molar-refractivity contribution in [3.63, 3.8) is 0 Å². The third-order valence-corrected chi connectivity index (χ3v) is 4.19. The predicted octanol–water partition coefficient (Wildman–Crippen LogP) is 3.94. The van der Waals surface area contributed by atoms with Crippen molar-refractivity contribution in [1.82, 2.24) is 4.98 Å². The second kappa shape index (κ2) is 5.71. The normalized spacial score (nSPS) is 16.5. The van der Waals surface area contributed by atoms with Crippen molar-refractivity contribution in [2.75, 3.05) is 13.2 Å². The smallest absolute Gasteiger partial charge is 0.161 e. The molecule has 0 aliphatic carbocycles. The Balaban J connectivity index is 1.85. The highest BCUT2D eigenvalue weighted by Gasteiger charge is 2.21. The Labute approximate surface area is 123 Å². The Hall–Kier alpha value is -1.74. The van der Waals surface area contributed by atoms with Gasteiger partial charge in [0, 0.05) is 18.3 Å². The van der Waals surface area contributed by atoms with Crippen LogP contribution in [-0.2, 0) is 0 Å². The van der Waals surface area contributed by atoms with Crippen LogP contribution in [0.1, 0.15) is 29.3 Å². The van der Waals surface area contributed by atoms with Crippen molar-refractivity contribution in [3.8, 4) is 11.5 Å². The number of alkyl halides is 1. The molecule has 3 nitrogen and oxygen atoms in total. The monoisotopic (exact) mass is 289 g/mol. The highest BCUT2D eigenvalue weighted by molar-refractivity contribution is 6.21. The van der Waals surface area contributed by atoms with Gasteiger partial charge >= 0.3 is 0 Å². The number of halogens is 1. The number of hydrogen-bond donors (Lipinski definition) is 0. The number of pyridine rings is 1. The van der Waals surface area contributed by atoms with Crippen molar-refractivity contribution < 1.29 is 9.47 Å². The highest BCUT2D eigenvalue weighted by atomic mass is 35.5. The molecule has 0 bridgehead atoms. The summed E-state index contributed by atoms with van der Waals surface area (Å²) in [6.07, 6.45) is 3.58. The fourth-order valence-electron chi connectivity index (χ4n) is 2.36. The van der Waals surface area contributed by atoms with Gasteiger partial charge in [-0.15, -0.1) is 11.6 Å². The van der Waals surface area contributed by atoms with Crippen molar-refractivity contribution >= 4 is 11.6 Å². The third kappa shape index (κ3) is 2.59. The molecule has 2 heterocycles. The maximum absolute atomic E-state index is 6.62. The summed E-state index contributed by atoms with van der Waals surface area (Å²) in [5, 5.41) is -0.117. The molecule has 0 radical (unpaired) electrons. The van der Waals surface area contributed by atoms with Crippen LogP contribution >= 0.6 is 11.6 Å². The molecule has 1 aliphatic heterocycles. The zero-order chi connectivity index (χ0) is 13.9. The molecule has 1 aromatic carbocycles. The quantitative estimate of drug-likeness (QED) is 0.802. The Kier molecular flexibility index (Phi) is 3.79. The second-order valence-corrected chi connectivity index (χ2v) is 5.34. The fraction of sp³-hybridized carbons (Fsp3) is 0.312. The number of benzene rings is 1. The Morgan fingerprint density at radius 2 is 1.70 bits per heavy atom. The minimum atomic E-state index is -0.117. The second-order valence-electron chi connectivity index (χ2n) is 4.87. The molecule has 104 valence electrons. The van der Waals surface area contributed by atoms with E-state index >= 15 is 0 Å². The SMILES string of the molecule is CC(c1ccncc1)C(Cl)c1ccc2c(c1)OCCO2. The van der Waals surface area contributed by atoms with Gasteiger partial charge in [-0.2, -0.15) is 0 Å². The lowest BCUT2D eigenvalue weighted by molar-refractivity contribution is 0.171. The van der Waals surface area contributed by atoms with E-state index in [1.807, 2.05) is 30.3 Å². The van der Waals surface area contributed by atoms with E-state index in [0.717, 1.165) is 17.1 Å². The average molecular weight is 290 g/mol. The number of hydrogen-bond acceptors (Lipinski definition) is 3. The number of nitrogens with zero attached hydrogens (tertiary/aromatic N) is 1. The molecule has 1 aromatic heterocycles. The van der Waals surface area contributed by atoms with Crippen LogP contribution in [0.3, 0.4) is 0 Å². The molecule has 3 rings (SSSR count). The molecule has 2 aromatic rings. The molecule has 0 N–H and O–H groups in total. The van der Waals surface area contributed by atoms with Crippen LogP contribution in [-0.4, -0.2) is 18.2 Å². The van der Waals surface area contributed by atoms with Gasteiger partial charge in [-0.05, 0) is 35.4 Å². The number of aromatic nitrogens is 1. The van der Waals surface area contributed by atoms with Gasteiger partial charge in [-0.3, -0.25) is 4.98 Å². The van der Waals surface area contributed by atoms with E-state index in [1.54, 1.807) is 12.4 Å². The van der Waals surface area contributed by atoms with Gasteiger partial charge in [0.15, 0.2) is 11.5 Å². The van der Waals surface area contributed by atoms with Gasteiger partial charge in [0.1, 0.15) is 13.2 Å². The van der Waals surface area contributed by atoms with E-state index in [-0.39, 0.29) is 11.3 Å². The molecule has 20 heavy (non-hydrogen) atoms. The number of fused-ring (bicyclic) bond motifs is 1. The van der Waals surface area contributed by atoms with Gasteiger partial charge in [0.25, 0.3) is 0 Å². The fourth-order valence-corrected chi connectivity index (χ4v) is 2.64. The minimum Gasteiger partial charge on any atom is -0.486 e. The largest absolute Gasteiger partial charge is 0.486 e. The summed E-state index contributed by atoms with van der Waals surface area (Å²) >= 11 is 6.62. The highest BCUT2D eigenvalue weighted by Crippen LogP contribution is 2.40. The maximum Gasteiger partial charge on any atom is 0.161 e. The third-order valence-electron chi connectivity index (χ3n) is 3.56. The number of ether oxygens (including phenoxy) is 2. The Morgan fingerprint density at radius 1 is 1.00 bits per heavy atom. The molecule has 0 spiro atoms. The number of rotatable bonds is 3. The first-order valence-corrected chi connectivity index (χ1v) is 7.13. The maximum atomic E-state index is 6.62. The van der Waals surface area contributed by atoms with E-state index < -0.39 is 0 Å². The van der Waals surface area contributed by atoms with Crippen molar-refractivity contribution in [1.29, 1.82) is 0 Å². The Morgan fingerprint density at radius 3 is 2.45 bits per heavy atom. The molecular formula is C16H16ClNO2. The zero-order valence-corrected chi connectivity index (χ0v) is 12.0. The first-order chi connectivity index (χ1) is 9.75. The standard InChI is InChI=1S/C16H16ClNO2/c1-11(12-4-6-18-7-5-12)16(17)13-2-3-14-15(10-13)20-9-8-19-14/h2-7,10-11,16H,8-9H2,1H3. The van der Waals surface area contributed by atoms with E-state index in [0.29, 0.717) is 13.2 Å². The van der Waals surface area contributed by atoms with E-state index in [9.17, 15) is 0 Å². The molecule has 2 atom stereocenters. The Bertz CT molecular complexity index is 588. The molecule has 0 saturated carbocycles. The van der Waals surface area contributed by atoms with Gasteiger partial charge < -0.3 is 9.47 Å². The summed E-state index contributed by atoms with van der Waals surface area (Å²) in [5.41, 5.74) is 2.22. The summed E-state index contributed by atoms with van der Waals surface area (Å²) < 4.78 is 11.1. The topological polar surface area (TPSA) is 31.4 Å². The van der Waals surface area contributed by atoms with Crippen molar-refractivity contribution in [2.24, 2.45) is 0 Å². The first-order valence-electron chi connectivity index (χ1n) is 6.69. The molecule has 2 unspecified atom stereocenters. The van der Waals surface area contributed by atoms with E-state index in [2.05, 4.69) is 11.9 Å². The summed E-state index contributed by atoms with van der Waals surface area (Å²) in [7, 11) is 0. The lowest BCUT2D eigenvalue weighted by Crippen LogP contribution is -2.15. The predicted molar refractivity (Wildman–Crippen MR) is 78.7 cm³/mol. The lowest BCUT2D eigenvalue weighted by atomic mass is 9.93. The van der Waals surface area contributed by atoms with Crippen LogP contribution in [0.2, 0.25) is 0 Å². The summed E-state index contributed by atoms with van der Waals surface area (Å²) in [5.74, 6) is 1.77. The molecular weight excluding hydrogens is 274 g/mol.